The zero-order valence-corrected chi connectivity index (χ0v) is 16.0. The molecule has 0 saturated carbocycles. The summed E-state index contributed by atoms with van der Waals surface area (Å²) in [6.45, 7) is 1.52. The fourth-order valence-electron chi connectivity index (χ4n) is 2.90. The maximum Gasteiger partial charge on any atom is 0.273 e. The van der Waals surface area contributed by atoms with Gasteiger partial charge in [0.25, 0.3) is 5.91 Å². The lowest BCUT2D eigenvalue weighted by atomic mass is 10.3. The van der Waals surface area contributed by atoms with Crippen molar-refractivity contribution in [2.75, 3.05) is 31.6 Å². The van der Waals surface area contributed by atoms with Crippen LogP contribution in [-0.2, 0) is 17.9 Å². The highest BCUT2D eigenvalue weighted by molar-refractivity contribution is 6.33. The van der Waals surface area contributed by atoms with Crippen LogP contribution < -0.4 is 10.6 Å². The number of hydrogen-bond donors (Lipinski definition) is 2. The summed E-state index contributed by atoms with van der Waals surface area (Å²) >= 11 is 6.09. The molecule has 1 aromatic heterocycles. The van der Waals surface area contributed by atoms with Gasteiger partial charge in [0.05, 0.1) is 23.5 Å². The van der Waals surface area contributed by atoms with Gasteiger partial charge >= 0.3 is 0 Å². The lowest BCUT2D eigenvalue weighted by molar-refractivity contribution is -0.127. The second-order valence-corrected chi connectivity index (χ2v) is 6.61. The third-order valence-electron chi connectivity index (χ3n) is 4.32. The van der Waals surface area contributed by atoms with E-state index in [4.69, 9.17) is 11.6 Å². The molecule has 1 aliphatic rings. The lowest BCUT2D eigenvalue weighted by Gasteiger charge is -2.27. The summed E-state index contributed by atoms with van der Waals surface area (Å²) in [6.07, 6.45) is 4.64. The van der Waals surface area contributed by atoms with E-state index in [1.807, 2.05) is 4.57 Å². The average molecular weight is 406 g/mol. The van der Waals surface area contributed by atoms with Crippen LogP contribution in [0.1, 0.15) is 16.3 Å². The molecule has 0 fully saturated rings. The Bertz CT molecular complexity index is 883. The molecule has 0 unspecified atom stereocenters. The summed E-state index contributed by atoms with van der Waals surface area (Å²) in [5.74, 6) is 0.205. The first-order valence-corrected chi connectivity index (χ1v) is 9.30. The number of nitrogens with zero attached hydrogens (tertiary/aromatic N) is 3. The highest BCUT2D eigenvalue weighted by Crippen LogP contribution is 2.22. The number of hydrogen-bond acceptors (Lipinski definition) is 4. The van der Waals surface area contributed by atoms with Crippen molar-refractivity contribution in [2.45, 2.75) is 13.1 Å². The van der Waals surface area contributed by atoms with Gasteiger partial charge in [0.2, 0.25) is 5.91 Å². The van der Waals surface area contributed by atoms with Gasteiger partial charge in [-0.1, -0.05) is 29.8 Å². The molecular formula is C19H21ClFN5O2. The summed E-state index contributed by atoms with van der Waals surface area (Å²) in [4.78, 5) is 30.8. The molecule has 1 aliphatic heterocycles. The number of halogens is 2. The molecule has 0 aliphatic carbocycles. The molecule has 2 aromatic rings. The van der Waals surface area contributed by atoms with Crippen LogP contribution in [0, 0.1) is 0 Å². The first-order chi connectivity index (χ1) is 13.6. The van der Waals surface area contributed by atoms with Crippen LogP contribution >= 0.6 is 11.6 Å². The van der Waals surface area contributed by atoms with Gasteiger partial charge < -0.3 is 20.1 Å². The largest absolute Gasteiger partial charge is 0.330 e. The standard InChI is InChI=1S/C19H21ClFN5O2/c20-14-4-1-2-5-15(14)24-19(28)16-12-23-17-13-25(10-11-26(16)17)18(27)6-3-8-22-9-7-21/h1-6,12,22H,7-11,13H2,(H,24,28)/b6-3+. The predicted octanol–water partition coefficient (Wildman–Crippen LogP) is 2.25. The maximum atomic E-state index is 12.6. The quantitative estimate of drug-likeness (QED) is 0.547. The van der Waals surface area contributed by atoms with E-state index >= 15 is 0 Å². The minimum atomic E-state index is -0.442. The summed E-state index contributed by atoms with van der Waals surface area (Å²) < 4.78 is 13.8. The van der Waals surface area contributed by atoms with Gasteiger partial charge in [0, 0.05) is 32.3 Å². The number of carbonyl (C=O) groups is 2. The van der Waals surface area contributed by atoms with E-state index < -0.39 is 6.67 Å². The normalized spacial score (nSPS) is 13.6. The monoisotopic (exact) mass is 405 g/mol. The Morgan fingerprint density at radius 1 is 1.29 bits per heavy atom. The van der Waals surface area contributed by atoms with Gasteiger partial charge in [-0.15, -0.1) is 0 Å². The van der Waals surface area contributed by atoms with Gasteiger partial charge in [-0.05, 0) is 12.1 Å². The molecule has 148 valence electrons. The van der Waals surface area contributed by atoms with E-state index in [9.17, 15) is 14.0 Å². The van der Waals surface area contributed by atoms with Gasteiger partial charge in [-0.25, -0.2) is 9.37 Å². The molecule has 2 amide bonds. The Morgan fingerprint density at radius 3 is 2.89 bits per heavy atom. The number of anilines is 1. The molecule has 0 atom stereocenters. The minimum absolute atomic E-state index is 0.140. The van der Waals surface area contributed by atoms with Crippen molar-refractivity contribution in [1.29, 1.82) is 0 Å². The number of alkyl halides is 1. The van der Waals surface area contributed by atoms with Crippen LogP contribution in [-0.4, -0.2) is 52.6 Å². The zero-order chi connectivity index (χ0) is 19.9. The lowest BCUT2D eigenvalue weighted by Crippen LogP contribution is -2.38. The number of aromatic nitrogens is 2. The number of carbonyl (C=O) groups excluding carboxylic acids is 2. The van der Waals surface area contributed by atoms with Crippen molar-refractivity contribution < 1.29 is 14.0 Å². The number of benzene rings is 1. The van der Waals surface area contributed by atoms with E-state index in [-0.39, 0.29) is 18.4 Å². The molecule has 0 radical (unpaired) electrons. The zero-order valence-electron chi connectivity index (χ0n) is 15.2. The summed E-state index contributed by atoms with van der Waals surface area (Å²) in [5, 5.41) is 6.09. The van der Waals surface area contributed by atoms with Crippen molar-refractivity contribution in [3.63, 3.8) is 0 Å². The van der Waals surface area contributed by atoms with Crippen molar-refractivity contribution in [2.24, 2.45) is 0 Å². The van der Waals surface area contributed by atoms with Gasteiger partial charge in [0.15, 0.2) is 0 Å². The van der Waals surface area contributed by atoms with Crippen molar-refractivity contribution in [3.8, 4) is 0 Å². The summed E-state index contributed by atoms with van der Waals surface area (Å²) in [5.41, 5.74) is 0.955. The van der Waals surface area contributed by atoms with Crippen LogP contribution in [0.5, 0.6) is 0 Å². The van der Waals surface area contributed by atoms with E-state index in [0.29, 0.717) is 48.4 Å². The first-order valence-electron chi connectivity index (χ1n) is 8.92. The van der Waals surface area contributed by atoms with Gasteiger partial charge in [-0.3, -0.25) is 9.59 Å². The Kier molecular flexibility index (Phi) is 6.78. The van der Waals surface area contributed by atoms with E-state index in [1.165, 1.54) is 12.3 Å². The van der Waals surface area contributed by atoms with E-state index in [2.05, 4.69) is 15.6 Å². The van der Waals surface area contributed by atoms with Crippen LogP contribution in [0.3, 0.4) is 0 Å². The SMILES string of the molecule is O=C(Nc1ccccc1Cl)c1cnc2n1CCN(C(=O)/C=C/CNCCF)C2. The van der Waals surface area contributed by atoms with Gasteiger partial charge in [-0.2, -0.15) is 0 Å². The van der Waals surface area contributed by atoms with Crippen molar-refractivity contribution in [1.82, 2.24) is 19.8 Å². The van der Waals surface area contributed by atoms with E-state index in [0.717, 1.165) is 0 Å². The van der Waals surface area contributed by atoms with Crippen LogP contribution in [0.25, 0.3) is 0 Å². The Hall–Kier alpha value is -2.71. The summed E-state index contributed by atoms with van der Waals surface area (Å²) in [7, 11) is 0. The third kappa shape index (κ3) is 4.76. The highest BCUT2D eigenvalue weighted by Gasteiger charge is 2.24. The molecule has 28 heavy (non-hydrogen) atoms. The second-order valence-electron chi connectivity index (χ2n) is 6.20. The van der Waals surface area contributed by atoms with Crippen molar-refractivity contribution >= 4 is 29.1 Å². The number of rotatable bonds is 7. The second kappa shape index (κ2) is 9.48. The Morgan fingerprint density at radius 2 is 2.11 bits per heavy atom. The molecule has 0 saturated heterocycles. The Balaban J connectivity index is 1.62. The number of imidazole rings is 1. The molecule has 3 rings (SSSR count). The highest BCUT2D eigenvalue weighted by atomic mass is 35.5. The number of amides is 2. The molecule has 2 N–H and O–H groups in total. The molecular weight excluding hydrogens is 385 g/mol. The maximum absolute atomic E-state index is 12.6. The number of para-hydroxylation sites is 1. The molecule has 0 spiro atoms. The molecule has 9 heteroatoms. The molecule has 1 aromatic carbocycles. The van der Waals surface area contributed by atoms with Crippen LogP contribution in [0.2, 0.25) is 5.02 Å². The fraction of sp³-hybridized carbons (Fsp3) is 0.316. The molecule has 0 bridgehead atoms. The number of fused-ring (bicyclic) bond motifs is 1. The minimum Gasteiger partial charge on any atom is -0.330 e. The number of nitrogens with one attached hydrogen (secondary N) is 2. The Labute approximate surface area is 167 Å². The van der Waals surface area contributed by atoms with Gasteiger partial charge in [0.1, 0.15) is 18.2 Å². The summed E-state index contributed by atoms with van der Waals surface area (Å²) in [6, 6.07) is 7.00. The predicted molar refractivity (Wildman–Crippen MR) is 105 cm³/mol. The molecule has 7 nitrogen and oxygen atoms in total. The van der Waals surface area contributed by atoms with E-state index in [1.54, 1.807) is 35.2 Å². The molecule has 2 heterocycles. The average Bonchev–Trinajstić information content (AvgIpc) is 3.12. The van der Waals surface area contributed by atoms with Crippen LogP contribution in [0.15, 0.2) is 42.6 Å². The van der Waals surface area contributed by atoms with Crippen LogP contribution in [0.4, 0.5) is 10.1 Å². The smallest absolute Gasteiger partial charge is 0.273 e. The first kappa shape index (κ1) is 20.0. The van der Waals surface area contributed by atoms with Crippen molar-refractivity contribution in [3.05, 3.63) is 59.2 Å². The third-order valence-corrected chi connectivity index (χ3v) is 4.65. The fourth-order valence-corrected chi connectivity index (χ4v) is 3.08. The topological polar surface area (TPSA) is 79.3 Å².